The van der Waals surface area contributed by atoms with Crippen molar-refractivity contribution in [3.8, 4) is 5.75 Å². The lowest BCUT2D eigenvalue weighted by Gasteiger charge is -2.34. The molecule has 0 N–H and O–H groups in total. The van der Waals surface area contributed by atoms with E-state index < -0.39 is 0 Å². The molecule has 1 aromatic rings. The van der Waals surface area contributed by atoms with Crippen LogP contribution in [0.25, 0.3) is 0 Å². The Kier molecular flexibility index (Phi) is 2.46. The fraction of sp³-hybridized carbons (Fsp3) is 0.562. The Hall–Kier alpha value is -1.35. The van der Waals surface area contributed by atoms with E-state index >= 15 is 0 Å². The molecule has 3 nitrogen and oxygen atoms in total. The number of nitrogens with zero attached hydrogens (tertiary/aromatic N) is 1. The fourth-order valence-corrected chi connectivity index (χ4v) is 3.81. The number of rotatable bonds is 2. The average Bonchev–Trinajstić information content (AvgIpc) is 2.91. The van der Waals surface area contributed by atoms with Crippen molar-refractivity contribution in [3.05, 3.63) is 29.3 Å². The number of aryl methyl sites for hydroxylation is 1. The number of Topliss-reactive ketones (excluding diaryl/α,β-unsaturated/α-hetero) is 1. The zero-order valence-corrected chi connectivity index (χ0v) is 11.2. The molecule has 2 atom stereocenters. The highest BCUT2D eigenvalue weighted by Gasteiger charge is 2.43. The van der Waals surface area contributed by atoms with Crippen LogP contribution in [-0.2, 0) is 6.42 Å². The van der Waals surface area contributed by atoms with Crippen molar-refractivity contribution in [1.82, 2.24) is 4.90 Å². The monoisotopic (exact) mass is 257 g/mol. The molecular weight excluding hydrogens is 238 g/mol. The number of carbonyl (C=O) groups excluding carboxylic acids is 1. The maximum atomic E-state index is 11.8. The molecule has 1 aliphatic carbocycles. The van der Waals surface area contributed by atoms with Crippen LogP contribution in [0.2, 0.25) is 0 Å². The van der Waals surface area contributed by atoms with E-state index in [0.717, 1.165) is 43.7 Å². The lowest BCUT2D eigenvalue weighted by atomic mass is 9.94. The van der Waals surface area contributed by atoms with Crippen LogP contribution in [0.3, 0.4) is 0 Å². The van der Waals surface area contributed by atoms with Gasteiger partial charge in [0, 0.05) is 31.5 Å². The number of ether oxygens (including phenoxy) is 1. The number of ketones is 1. The van der Waals surface area contributed by atoms with Crippen LogP contribution in [0.15, 0.2) is 18.2 Å². The number of fused-ring (bicyclic) bond motifs is 3. The Morgan fingerprint density at radius 3 is 3.05 bits per heavy atom. The Bertz CT molecular complexity index is 536. The summed E-state index contributed by atoms with van der Waals surface area (Å²) in [5.41, 5.74) is 2.08. The normalized spacial score (nSPS) is 32.4. The third-order valence-electron chi connectivity index (χ3n) is 4.84. The first kappa shape index (κ1) is 11.5. The van der Waals surface area contributed by atoms with Gasteiger partial charge in [-0.25, -0.2) is 0 Å². The van der Waals surface area contributed by atoms with Crippen molar-refractivity contribution < 1.29 is 9.53 Å². The minimum absolute atomic E-state index is 0.00807. The summed E-state index contributed by atoms with van der Waals surface area (Å²) in [6.07, 6.45) is 5.06. The highest BCUT2D eigenvalue weighted by atomic mass is 16.5. The molecule has 2 bridgehead atoms. The molecule has 0 aromatic heterocycles. The molecule has 0 spiro atoms. The van der Waals surface area contributed by atoms with Gasteiger partial charge >= 0.3 is 0 Å². The molecule has 0 amide bonds. The number of hydrogen-bond acceptors (Lipinski definition) is 3. The molecule has 2 unspecified atom stereocenters. The minimum atomic E-state index is 0.00807. The van der Waals surface area contributed by atoms with Crippen molar-refractivity contribution in [1.29, 1.82) is 0 Å². The summed E-state index contributed by atoms with van der Waals surface area (Å²) >= 11 is 0. The number of hydrogen-bond donors (Lipinski definition) is 0. The third-order valence-corrected chi connectivity index (χ3v) is 4.84. The topological polar surface area (TPSA) is 29.5 Å². The lowest BCUT2D eigenvalue weighted by Crippen LogP contribution is -2.43. The van der Waals surface area contributed by atoms with Crippen LogP contribution in [0, 0.1) is 0 Å². The van der Waals surface area contributed by atoms with Crippen molar-refractivity contribution in [3.63, 3.8) is 0 Å². The molecule has 3 aliphatic rings. The van der Waals surface area contributed by atoms with Gasteiger partial charge in [-0.2, -0.15) is 0 Å². The van der Waals surface area contributed by atoms with E-state index in [1.165, 1.54) is 18.5 Å². The third kappa shape index (κ3) is 1.88. The van der Waals surface area contributed by atoms with E-state index in [-0.39, 0.29) is 11.4 Å². The molecule has 2 aliphatic heterocycles. The van der Waals surface area contributed by atoms with Crippen LogP contribution < -0.4 is 4.74 Å². The van der Waals surface area contributed by atoms with Gasteiger partial charge in [-0.05, 0) is 43.5 Å². The van der Waals surface area contributed by atoms with Gasteiger partial charge < -0.3 is 4.74 Å². The summed E-state index contributed by atoms with van der Waals surface area (Å²) in [5.74, 6) is 1.16. The largest absolute Gasteiger partial charge is 0.486 e. The predicted molar refractivity (Wildman–Crippen MR) is 72.7 cm³/mol. The summed E-state index contributed by atoms with van der Waals surface area (Å²) in [4.78, 5) is 14.3. The van der Waals surface area contributed by atoms with Gasteiger partial charge in [0.2, 0.25) is 0 Å². The van der Waals surface area contributed by atoms with Crippen LogP contribution in [0.4, 0.5) is 0 Å². The van der Waals surface area contributed by atoms with Crippen molar-refractivity contribution >= 4 is 5.78 Å². The zero-order chi connectivity index (χ0) is 12.9. The minimum Gasteiger partial charge on any atom is -0.486 e. The molecule has 4 rings (SSSR count). The first-order valence-electron chi connectivity index (χ1n) is 7.32. The second kappa shape index (κ2) is 4.07. The van der Waals surface area contributed by atoms with E-state index in [1.807, 2.05) is 12.1 Å². The molecule has 3 heteroatoms. The van der Waals surface area contributed by atoms with Gasteiger partial charge in [-0.1, -0.05) is 6.07 Å². The summed E-state index contributed by atoms with van der Waals surface area (Å²) < 4.78 is 6.31. The van der Waals surface area contributed by atoms with E-state index in [1.54, 1.807) is 0 Å². The molecule has 2 heterocycles. The second-order valence-corrected chi connectivity index (χ2v) is 6.16. The highest BCUT2D eigenvalue weighted by molar-refractivity contribution is 6.00. The van der Waals surface area contributed by atoms with Crippen LogP contribution in [-0.4, -0.2) is 35.9 Å². The Labute approximate surface area is 113 Å². The quantitative estimate of drug-likeness (QED) is 0.815. The van der Waals surface area contributed by atoms with Gasteiger partial charge in [0.15, 0.2) is 5.78 Å². The van der Waals surface area contributed by atoms with E-state index in [9.17, 15) is 4.79 Å². The van der Waals surface area contributed by atoms with Crippen LogP contribution >= 0.6 is 0 Å². The van der Waals surface area contributed by atoms with E-state index in [2.05, 4.69) is 11.0 Å². The molecule has 19 heavy (non-hydrogen) atoms. The number of benzene rings is 1. The van der Waals surface area contributed by atoms with Gasteiger partial charge in [-0.3, -0.25) is 9.69 Å². The molecule has 0 saturated carbocycles. The molecule has 1 aromatic carbocycles. The van der Waals surface area contributed by atoms with Gasteiger partial charge in [0.1, 0.15) is 11.4 Å². The van der Waals surface area contributed by atoms with Crippen molar-refractivity contribution in [2.24, 2.45) is 0 Å². The maximum absolute atomic E-state index is 11.8. The predicted octanol–water partition coefficient (Wildman–Crippen LogP) is 2.43. The molecular formula is C16H19NO2. The van der Waals surface area contributed by atoms with Crippen LogP contribution in [0.1, 0.15) is 41.6 Å². The Morgan fingerprint density at radius 2 is 2.11 bits per heavy atom. The highest BCUT2D eigenvalue weighted by Crippen LogP contribution is 2.36. The smallest absolute Gasteiger partial charge is 0.163 e. The van der Waals surface area contributed by atoms with E-state index in [4.69, 9.17) is 4.74 Å². The number of carbonyl (C=O) groups is 1. The average molecular weight is 257 g/mol. The summed E-state index contributed by atoms with van der Waals surface area (Å²) in [7, 11) is 0. The summed E-state index contributed by atoms with van der Waals surface area (Å²) in [5, 5.41) is 0. The molecule has 2 saturated heterocycles. The first-order valence-corrected chi connectivity index (χ1v) is 7.32. The van der Waals surface area contributed by atoms with Gasteiger partial charge in [0.05, 0.1) is 0 Å². The summed E-state index contributed by atoms with van der Waals surface area (Å²) in [6, 6.07) is 6.09. The molecule has 0 radical (unpaired) electrons. The van der Waals surface area contributed by atoms with Crippen molar-refractivity contribution in [2.45, 2.75) is 37.7 Å². The first-order chi connectivity index (χ1) is 9.24. The molecule has 2 fully saturated rings. The van der Waals surface area contributed by atoms with Crippen LogP contribution in [0.5, 0.6) is 5.75 Å². The number of piperidine rings is 1. The fourth-order valence-electron chi connectivity index (χ4n) is 3.81. The van der Waals surface area contributed by atoms with Gasteiger partial charge in [0.25, 0.3) is 0 Å². The van der Waals surface area contributed by atoms with Crippen molar-refractivity contribution in [2.75, 3.05) is 19.6 Å². The molecule has 100 valence electrons. The lowest BCUT2D eigenvalue weighted by molar-refractivity contribution is 0.0452. The Morgan fingerprint density at radius 1 is 1.16 bits per heavy atom. The summed E-state index contributed by atoms with van der Waals surface area (Å²) in [6.45, 7) is 3.43. The standard InChI is InChI=1S/C16H19NO2/c18-15-5-3-12-2-4-13(10-14(12)15)19-16-6-1-8-17(11-16)9-7-16/h2,4,10H,1,3,5-9,11H2. The zero-order valence-electron chi connectivity index (χ0n) is 11.2. The second-order valence-electron chi connectivity index (χ2n) is 6.16. The van der Waals surface area contributed by atoms with Gasteiger partial charge in [-0.15, -0.1) is 0 Å². The maximum Gasteiger partial charge on any atom is 0.163 e. The SMILES string of the molecule is O=C1CCc2ccc(OC34CCCN(CC3)C4)cc21. The van der Waals surface area contributed by atoms with E-state index in [0.29, 0.717) is 6.42 Å². The Balaban J connectivity index is 1.60.